The number of methoxy groups -OCH3 is 1. The maximum atomic E-state index is 12.9. The minimum Gasteiger partial charge on any atom is -0.480 e. The predicted octanol–water partition coefficient (Wildman–Crippen LogP) is 1.95. The van der Waals surface area contributed by atoms with Gasteiger partial charge in [0.25, 0.3) is 5.91 Å². The van der Waals surface area contributed by atoms with Gasteiger partial charge < -0.3 is 14.4 Å². The highest BCUT2D eigenvalue weighted by molar-refractivity contribution is 7.89. The summed E-state index contributed by atoms with van der Waals surface area (Å²) < 4.78 is 38.0. The number of nitrogens with zero attached hydrogens (tertiary/aromatic N) is 4. The monoisotopic (exact) mass is 446 g/mol. The van der Waals surface area contributed by atoms with E-state index in [9.17, 15) is 13.2 Å². The topological polar surface area (TPSA) is 102 Å². The molecule has 9 nitrogen and oxygen atoms in total. The zero-order chi connectivity index (χ0) is 21.8. The summed E-state index contributed by atoms with van der Waals surface area (Å²) in [7, 11) is -2.00. The molecular weight excluding hydrogens is 420 g/mol. The van der Waals surface area contributed by atoms with Crippen LogP contribution >= 0.6 is 0 Å². The van der Waals surface area contributed by atoms with Gasteiger partial charge in [-0.2, -0.15) is 9.29 Å². The van der Waals surface area contributed by atoms with Crippen LogP contribution in [-0.2, 0) is 10.0 Å². The average molecular weight is 447 g/mol. The van der Waals surface area contributed by atoms with Crippen LogP contribution in [0, 0.1) is 0 Å². The Balaban J connectivity index is 1.38. The molecule has 1 amide bonds. The number of hydrogen-bond donors (Lipinski definition) is 0. The van der Waals surface area contributed by atoms with E-state index in [-0.39, 0.29) is 16.9 Å². The first-order valence-corrected chi connectivity index (χ1v) is 11.8. The molecule has 31 heavy (non-hydrogen) atoms. The molecule has 1 aromatic heterocycles. The molecule has 0 bridgehead atoms. The van der Waals surface area contributed by atoms with E-state index in [1.54, 1.807) is 17.0 Å². The Kier molecular flexibility index (Phi) is 6.38. The van der Waals surface area contributed by atoms with E-state index in [0.717, 1.165) is 19.3 Å². The average Bonchev–Trinajstić information content (AvgIpc) is 3.27. The zero-order valence-corrected chi connectivity index (χ0v) is 18.3. The lowest BCUT2D eigenvalue weighted by Crippen LogP contribution is -2.35. The van der Waals surface area contributed by atoms with E-state index in [0.29, 0.717) is 49.9 Å². The third kappa shape index (κ3) is 4.80. The zero-order valence-electron chi connectivity index (χ0n) is 17.4. The van der Waals surface area contributed by atoms with Crippen LogP contribution in [-0.4, -0.2) is 72.9 Å². The van der Waals surface area contributed by atoms with Gasteiger partial charge in [-0.1, -0.05) is 6.42 Å². The van der Waals surface area contributed by atoms with Crippen LogP contribution in [0.3, 0.4) is 0 Å². The van der Waals surface area contributed by atoms with Gasteiger partial charge in [-0.25, -0.2) is 8.42 Å². The number of aromatic nitrogens is 2. The van der Waals surface area contributed by atoms with Gasteiger partial charge in [-0.15, -0.1) is 0 Å². The summed E-state index contributed by atoms with van der Waals surface area (Å²) in [6.07, 6.45) is 6.31. The minimum absolute atomic E-state index is 0.148. The first-order chi connectivity index (χ1) is 15.0. The molecule has 0 saturated carbocycles. The van der Waals surface area contributed by atoms with Crippen molar-refractivity contribution < 1.29 is 22.7 Å². The highest BCUT2D eigenvalue weighted by atomic mass is 32.2. The van der Waals surface area contributed by atoms with Crippen molar-refractivity contribution in [2.45, 2.75) is 36.7 Å². The van der Waals surface area contributed by atoms with Crippen molar-refractivity contribution in [1.82, 2.24) is 19.2 Å². The summed E-state index contributed by atoms with van der Waals surface area (Å²) in [5, 5.41) is 0. The number of carbonyl (C=O) groups is 1. The predicted molar refractivity (Wildman–Crippen MR) is 113 cm³/mol. The minimum atomic E-state index is -3.51. The Morgan fingerprint density at radius 3 is 2.45 bits per heavy atom. The van der Waals surface area contributed by atoms with E-state index in [1.807, 2.05) is 0 Å². The van der Waals surface area contributed by atoms with Crippen LogP contribution in [0.1, 0.15) is 36.0 Å². The van der Waals surface area contributed by atoms with Crippen molar-refractivity contribution in [3.8, 4) is 11.8 Å². The first kappa shape index (κ1) is 21.5. The van der Waals surface area contributed by atoms with Gasteiger partial charge in [0.15, 0.2) is 0 Å². The second-order valence-electron chi connectivity index (χ2n) is 7.67. The van der Waals surface area contributed by atoms with Gasteiger partial charge in [-0.05, 0) is 37.1 Å². The second-order valence-corrected chi connectivity index (χ2v) is 9.61. The molecule has 1 aromatic carbocycles. The number of hydrogen-bond acceptors (Lipinski definition) is 7. The van der Waals surface area contributed by atoms with Gasteiger partial charge in [-0.3, -0.25) is 9.78 Å². The molecule has 4 rings (SSSR count). The lowest BCUT2D eigenvalue weighted by molar-refractivity contribution is 0.0770. The molecule has 1 unspecified atom stereocenters. The number of sulfonamides is 1. The number of carbonyl (C=O) groups excluding carboxylic acids is 1. The van der Waals surface area contributed by atoms with Crippen LogP contribution in [0.25, 0.3) is 0 Å². The summed E-state index contributed by atoms with van der Waals surface area (Å²) in [4.78, 5) is 23.0. The van der Waals surface area contributed by atoms with E-state index in [1.165, 1.54) is 35.9 Å². The SMILES string of the molecule is COc1cncc(OC2CCN(C(=O)c3ccc(S(=O)(=O)N4CCCCC4)cc3)C2)n1. The number of piperidine rings is 1. The molecule has 2 saturated heterocycles. The molecule has 10 heteroatoms. The molecule has 3 heterocycles. The van der Waals surface area contributed by atoms with Gasteiger partial charge in [0.05, 0.1) is 30.9 Å². The lowest BCUT2D eigenvalue weighted by atomic mass is 10.2. The standard InChI is InChI=1S/C21H26N4O5S/c1-29-19-13-22-14-20(23-19)30-17-9-12-24(15-17)21(26)16-5-7-18(8-6-16)31(27,28)25-10-3-2-4-11-25/h5-8,13-14,17H,2-4,9-12,15H2,1H3. The molecule has 166 valence electrons. The number of likely N-dealkylation sites (tertiary alicyclic amines) is 1. The molecule has 0 aliphatic carbocycles. The van der Waals surface area contributed by atoms with Gasteiger partial charge >= 0.3 is 0 Å². The third-order valence-corrected chi connectivity index (χ3v) is 7.49. The highest BCUT2D eigenvalue weighted by Crippen LogP contribution is 2.23. The third-order valence-electron chi connectivity index (χ3n) is 5.57. The van der Waals surface area contributed by atoms with Crippen LogP contribution in [0.4, 0.5) is 0 Å². The molecule has 2 aliphatic heterocycles. The van der Waals surface area contributed by atoms with Crippen LogP contribution in [0.2, 0.25) is 0 Å². The Hall–Kier alpha value is -2.72. The molecule has 0 N–H and O–H groups in total. The van der Waals surface area contributed by atoms with Crippen LogP contribution < -0.4 is 9.47 Å². The van der Waals surface area contributed by atoms with Crippen LogP contribution in [0.5, 0.6) is 11.8 Å². The molecule has 2 aliphatic rings. The van der Waals surface area contributed by atoms with E-state index in [2.05, 4.69) is 9.97 Å². The summed E-state index contributed by atoms with van der Waals surface area (Å²) in [6.45, 7) is 2.08. The molecule has 2 aromatic rings. The van der Waals surface area contributed by atoms with Gasteiger partial charge in [0.1, 0.15) is 6.10 Å². The molecule has 0 radical (unpaired) electrons. The van der Waals surface area contributed by atoms with Crippen molar-refractivity contribution in [3.05, 3.63) is 42.2 Å². The van der Waals surface area contributed by atoms with Crippen molar-refractivity contribution >= 4 is 15.9 Å². The maximum Gasteiger partial charge on any atom is 0.253 e. The largest absolute Gasteiger partial charge is 0.480 e. The van der Waals surface area contributed by atoms with Crippen molar-refractivity contribution in [1.29, 1.82) is 0 Å². The summed E-state index contributed by atoms with van der Waals surface area (Å²) in [6, 6.07) is 6.21. The fourth-order valence-corrected chi connectivity index (χ4v) is 5.39. The van der Waals surface area contributed by atoms with Crippen LogP contribution in [0.15, 0.2) is 41.6 Å². The van der Waals surface area contributed by atoms with Crippen molar-refractivity contribution in [3.63, 3.8) is 0 Å². The number of amides is 1. The number of benzene rings is 1. The Bertz CT molecular complexity index is 1020. The highest BCUT2D eigenvalue weighted by Gasteiger charge is 2.30. The van der Waals surface area contributed by atoms with E-state index < -0.39 is 10.0 Å². The molecular formula is C21H26N4O5S. The molecule has 0 spiro atoms. The van der Waals surface area contributed by atoms with Gasteiger partial charge in [0, 0.05) is 31.6 Å². The summed E-state index contributed by atoms with van der Waals surface area (Å²) in [5.74, 6) is 0.568. The van der Waals surface area contributed by atoms with Crippen molar-refractivity contribution in [2.24, 2.45) is 0 Å². The fraction of sp³-hybridized carbons (Fsp3) is 0.476. The summed E-state index contributed by atoms with van der Waals surface area (Å²) in [5.41, 5.74) is 0.458. The maximum absolute atomic E-state index is 12.9. The van der Waals surface area contributed by atoms with Crippen molar-refractivity contribution in [2.75, 3.05) is 33.3 Å². The number of rotatable bonds is 6. The first-order valence-electron chi connectivity index (χ1n) is 10.4. The Morgan fingerprint density at radius 2 is 1.74 bits per heavy atom. The fourth-order valence-electron chi connectivity index (χ4n) is 3.87. The van der Waals surface area contributed by atoms with Gasteiger partial charge in [0.2, 0.25) is 21.8 Å². The lowest BCUT2D eigenvalue weighted by Gasteiger charge is -2.26. The van der Waals surface area contributed by atoms with E-state index in [4.69, 9.17) is 9.47 Å². The van der Waals surface area contributed by atoms with E-state index >= 15 is 0 Å². The normalized spacial score (nSPS) is 19.9. The molecule has 1 atom stereocenters. The quantitative estimate of drug-likeness (QED) is 0.668. The number of ether oxygens (including phenoxy) is 2. The smallest absolute Gasteiger partial charge is 0.253 e. The Morgan fingerprint density at radius 1 is 1.03 bits per heavy atom. The Labute approximate surface area is 182 Å². The molecule has 2 fully saturated rings. The summed E-state index contributed by atoms with van der Waals surface area (Å²) >= 11 is 0. The second kappa shape index (κ2) is 9.19.